The average molecular weight is 425 g/mol. The second kappa shape index (κ2) is 11.5. The van der Waals surface area contributed by atoms with E-state index in [0.29, 0.717) is 17.4 Å². The molecule has 1 fully saturated rings. The molecule has 31 heavy (non-hydrogen) atoms. The molecule has 2 aromatic carbocycles. The Morgan fingerprint density at radius 1 is 1.06 bits per heavy atom. The van der Waals surface area contributed by atoms with Gasteiger partial charge in [-0.3, -0.25) is 15.0 Å². The number of benzene rings is 2. The normalized spacial score (nSPS) is 14.9. The molecule has 0 bridgehead atoms. The lowest BCUT2D eigenvalue weighted by molar-refractivity contribution is -0.121. The Kier molecular flexibility index (Phi) is 8.44. The van der Waals surface area contributed by atoms with Crippen molar-refractivity contribution in [1.29, 1.82) is 0 Å². The molecule has 0 aromatic heterocycles. The topological polar surface area (TPSA) is 73.9 Å². The Morgan fingerprint density at radius 2 is 1.74 bits per heavy atom. The summed E-state index contributed by atoms with van der Waals surface area (Å²) in [5.74, 6) is 1.05. The van der Waals surface area contributed by atoms with Crippen molar-refractivity contribution in [3.8, 4) is 5.75 Å². The van der Waals surface area contributed by atoms with Crippen LogP contribution in [0, 0.1) is 5.92 Å². The molecule has 3 amide bonds. The van der Waals surface area contributed by atoms with E-state index in [4.69, 9.17) is 4.74 Å². The highest BCUT2D eigenvalue weighted by Gasteiger charge is 2.22. The van der Waals surface area contributed by atoms with Gasteiger partial charge in [0.25, 0.3) is 0 Å². The molecular formula is C24H32N4O3. The summed E-state index contributed by atoms with van der Waals surface area (Å²) in [7, 11) is 3.74. The molecule has 0 unspecified atom stereocenters. The fourth-order valence-electron chi connectivity index (χ4n) is 3.93. The van der Waals surface area contributed by atoms with Gasteiger partial charge in [0.2, 0.25) is 5.91 Å². The van der Waals surface area contributed by atoms with Gasteiger partial charge in [-0.15, -0.1) is 0 Å². The van der Waals surface area contributed by atoms with E-state index in [1.807, 2.05) is 6.07 Å². The number of likely N-dealkylation sites (tertiary alicyclic amines) is 1. The number of carbonyl (C=O) groups excluding carboxylic acids is 2. The monoisotopic (exact) mass is 424 g/mol. The van der Waals surface area contributed by atoms with E-state index in [1.54, 1.807) is 31.4 Å². The first-order valence-corrected chi connectivity index (χ1v) is 10.7. The van der Waals surface area contributed by atoms with Gasteiger partial charge in [-0.1, -0.05) is 30.3 Å². The van der Waals surface area contributed by atoms with Crippen molar-refractivity contribution in [2.24, 2.45) is 5.92 Å². The molecule has 1 heterocycles. The Balaban J connectivity index is 1.34. The highest BCUT2D eigenvalue weighted by Crippen LogP contribution is 2.19. The van der Waals surface area contributed by atoms with Gasteiger partial charge in [0.05, 0.1) is 13.7 Å². The first-order valence-electron chi connectivity index (χ1n) is 10.7. The zero-order chi connectivity index (χ0) is 22.1. The van der Waals surface area contributed by atoms with Crippen LogP contribution in [0.3, 0.4) is 0 Å². The van der Waals surface area contributed by atoms with Crippen molar-refractivity contribution in [2.75, 3.05) is 45.7 Å². The summed E-state index contributed by atoms with van der Waals surface area (Å²) >= 11 is 0. The molecule has 0 spiro atoms. The van der Waals surface area contributed by atoms with Crippen LogP contribution in [0.4, 0.5) is 10.5 Å². The summed E-state index contributed by atoms with van der Waals surface area (Å²) in [5, 5.41) is 5.06. The number of carbonyl (C=O) groups is 2. The average Bonchev–Trinajstić information content (AvgIpc) is 2.76. The maximum atomic E-state index is 12.2. The third-order valence-corrected chi connectivity index (χ3v) is 5.54. The zero-order valence-electron chi connectivity index (χ0n) is 18.3. The summed E-state index contributed by atoms with van der Waals surface area (Å²) in [4.78, 5) is 28.8. The molecule has 166 valence electrons. The molecule has 1 saturated heterocycles. The van der Waals surface area contributed by atoms with Gasteiger partial charge in [0.1, 0.15) is 5.75 Å². The van der Waals surface area contributed by atoms with Gasteiger partial charge in [0.15, 0.2) is 0 Å². The smallest absolute Gasteiger partial charge is 0.325 e. The summed E-state index contributed by atoms with van der Waals surface area (Å²) < 4.78 is 5.09. The van der Waals surface area contributed by atoms with Crippen LogP contribution in [0.5, 0.6) is 5.75 Å². The zero-order valence-corrected chi connectivity index (χ0v) is 18.3. The summed E-state index contributed by atoms with van der Waals surface area (Å²) in [6, 6.07) is 16.9. The lowest BCUT2D eigenvalue weighted by Gasteiger charge is -2.33. The minimum absolute atomic E-state index is 0.239. The highest BCUT2D eigenvalue weighted by molar-refractivity contribution is 6.01. The molecule has 0 aliphatic carbocycles. The molecule has 0 saturated carbocycles. The maximum Gasteiger partial charge on any atom is 0.325 e. The van der Waals surface area contributed by atoms with E-state index in [9.17, 15) is 9.59 Å². The van der Waals surface area contributed by atoms with E-state index in [1.165, 1.54) is 5.56 Å². The van der Waals surface area contributed by atoms with Crippen LogP contribution in [-0.2, 0) is 11.3 Å². The Hall–Kier alpha value is -2.90. The number of urea groups is 1. The molecule has 7 nitrogen and oxygen atoms in total. The maximum absolute atomic E-state index is 12.2. The lowest BCUT2D eigenvalue weighted by atomic mass is 9.96. The van der Waals surface area contributed by atoms with E-state index in [0.717, 1.165) is 39.0 Å². The van der Waals surface area contributed by atoms with Gasteiger partial charge in [-0.05, 0) is 68.7 Å². The number of anilines is 1. The molecule has 1 aliphatic rings. The number of ether oxygens (including phenoxy) is 1. The van der Waals surface area contributed by atoms with Crippen molar-refractivity contribution in [2.45, 2.75) is 19.4 Å². The van der Waals surface area contributed by atoms with Gasteiger partial charge in [-0.2, -0.15) is 0 Å². The minimum Gasteiger partial charge on any atom is -0.497 e. The standard InChI is InChI=1S/C24H32N4O3/c1-27(16-19-6-4-3-5-7-19)17-20-12-14-28(15-13-20)18-23(29)26-24(30)25-21-8-10-22(31-2)11-9-21/h3-11,20H,12-18H2,1-2H3,(H2,25,26,29,30). The Bertz CT molecular complexity index is 834. The van der Waals surface area contributed by atoms with Crippen LogP contribution in [0.25, 0.3) is 0 Å². The van der Waals surface area contributed by atoms with Crippen molar-refractivity contribution in [3.05, 3.63) is 60.2 Å². The van der Waals surface area contributed by atoms with Gasteiger partial charge >= 0.3 is 6.03 Å². The van der Waals surface area contributed by atoms with Crippen molar-refractivity contribution in [1.82, 2.24) is 15.1 Å². The number of piperidine rings is 1. The number of amides is 3. The van der Waals surface area contributed by atoms with E-state index in [2.05, 4.69) is 51.7 Å². The first kappa shape index (κ1) is 22.8. The van der Waals surface area contributed by atoms with Crippen molar-refractivity contribution >= 4 is 17.6 Å². The number of imide groups is 1. The lowest BCUT2D eigenvalue weighted by Crippen LogP contribution is -2.45. The molecule has 1 aliphatic heterocycles. The number of nitrogens with one attached hydrogen (secondary N) is 2. The van der Waals surface area contributed by atoms with Crippen molar-refractivity contribution < 1.29 is 14.3 Å². The fourth-order valence-corrected chi connectivity index (χ4v) is 3.93. The molecule has 0 radical (unpaired) electrons. The van der Waals surface area contributed by atoms with E-state index in [-0.39, 0.29) is 12.5 Å². The van der Waals surface area contributed by atoms with Crippen LogP contribution in [0.15, 0.2) is 54.6 Å². The number of hydrogen-bond donors (Lipinski definition) is 2. The molecule has 2 N–H and O–H groups in total. The summed E-state index contributed by atoms with van der Waals surface area (Å²) in [6.45, 7) is 3.99. The minimum atomic E-state index is -0.521. The van der Waals surface area contributed by atoms with Crippen LogP contribution < -0.4 is 15.4 Å². The number of nitrogens with zero attached hydrogens (tertiary/aromatic N) is 2. The molecule has 7 heteroatoms. The van der Waals surface area contributed by atoms with Crippen LogP contribution >= 0.6 is 0 Å². The number of methoxy groups -OCH3 is 1. The third-order valence-electron chi connectivity index (χ3n) is 5.54. The van der Waals surface area contributed by atoms with E-state index < -0.39 is 6.03 Å². The summed E-state index contributed by atoms with van der Waals surface area (Å²) in [5.41, 5.74) is 1.93. The van der Waals surface area contributed by atoms with Crippen LogP contribution in [0.2, 0.25) is 0 Å². The molecule has 2 aromatic rings. The highest BCUT2D eigenvalue weighted by atomic mass is 16.5. The second-order valence-corrected chi connectivity index (χ2v) is 8.13. The molecular weight excluding hydrogens is 392 g/mol. The molecule has 3 rings (SSSR count). The predicted molar refractivity (Wildman–Crippen MR) is 122 cm³/mol. The largest absolute Gasteiger partial charge is 0.497 e. The SMILES string of the molecule is COc1ccc(NC(=O)NC(=O)CN2CCC(CN(C)Cc3ccccc3)CC2)cc1. The van der Waals surface area contributed by atoms with Crippen molar-refractivity contribution in [3.63, 3.8) is 0 Å². The second-order valence-electron chi connectivity index (χ2n) is 8.13. The fraction of sp³-hybridized carbons (Fsp3) is 0.417. The summed E-state index contributed by atoms with van der Waals surface area (Å²) in [6.07, 6.45) is 2.12. The Morgan fingerprint density at radius 3 is 2.39 bits per heavy atom. The van der Waals surface area contributed by atoms with Gasteiger partial charge < -0.3 is 15.0 Å². The number of hydrogen-bond acceptors (Lipinski definition) is 5. The predicted octanol–water partition coefficient (Wildman–Crippen LogP) is 3.19. The number of rotatable bonds is 8. The van der Waals surface area contributed by atoms with Crippen LogP contribution in [-0.4, -0.2) is 62.1 Å². The third kappa shape index (κ3) is 7.70. The quantitative estimate of drug-likeness (QED) is 0.681. The van der Waals surface area contributed by atoms with Crippen LogP contribution in [0.1, 0.15) is 18.4 Å². The molecule has 0 atom stereocenters. The van der Waals surface area contributed by atoms with E-state index >= 15 is 0 Å². The van der Waals surface area contributed by atoms with Gasteiger partial charge in [0, 0.05) is 18.8 Å². The van der Waals surface area contributed by atoms with Gasteiger partial charge in [-0.25, -0.2) is 4.79 Å². The first-order chi connectivity index (χ1) is 15.0. The Labute approximate surface area is 184 Å².